The predicted octanol–water partition coefficient (Wildman–Crippen LogP) is 2.20. The zero-order valence-corrected chi connectivity index (χ0v) is 8.55. The largest absolute Gasteiger partial charge is 0.198 e. The predicted molar refractivity (Wildman–Crippen MR) is 45.8 cm³/mol. The van der Waals surface area contributed by atoms with E-state index in [1.54, 1.807) is 6.92 Å². The molecule has 3 unspecified atom stereocenters. The number of nitriles is 2. The molecule has 0 rings (SSSR count). The number of hydrogen-bond acceptors (Lipinski definition) is 2. The molecule has 54 valence electrons. The Morgan fingerprint density at radius 2 is 1.70 bits per heavy atom. The minimum atomic E-state index is -0.290. The van der Waals surface area contributed by atoms with Crippen LogP contribution in [0, 0.1) is 28.6 Å². The van der Waals surface area contributed by atoms with Crippen LogP contribution in [-0.2, 0) is 0 Å². The molecule has 0 aliphatic carbocycles. The fourth-order valence-corrected chi connectivity index (χ4v) is 1.09. The summed E-state index contributed by atoms with van der Waals surface area (Å²) in [7, 11) is 0. The SMILES string of the molecule is CC(C#N)C(Br)C(Br)C#N. The molecule has 0 radical (unpaired) electrons. The van der Waals surface area contributed by atoms with Crippen molar-refractivity contribution in [3.8, 4) is 12.1 Å². The molecule has 0 aliphatic heterocycles. The lowest BCUT2D eigenvalue weighted by atomic mass is 10.1. The molecule has 4 heteroatoms. The monoisotopic (exact) mass is 264 g/mol. The van der Waals surface area contributed by atoms with Crippen LogP contribution in [0.15, 0.2) is 0 Å². The van der Waals surface area contributed by atoms with Crippen LogP contribution in [0.2, 0.25) is 0 Å². The zero-order chi connectivity index (χ0) is 8.15. The minimum Gasteiger partial charge on any atom is -0.198 e. The Morgan fingerprint density at radius 1 is 1.20 bits per heavy atom. The quantitative estimate of drug-likeness (QED) is 0.719. The van der Waals surface area contributed by atoms with Gasteiger partial charge >= 0.3 is 0 Å². The van der Waals surface area contributed by atoms with E-state index in [2.05, 4.69) is 37.9 Å². The van der Waals surface area contributed by atoms with Crippen molar-refractivity contribution < 1.29 is 0 Å². The highest BCUT2D eigenvalue weighted by Gasteiger charge is 2.21. The van der Waals surface area contributed by atoms with Crippen LogP contribution in [0.5, 0.6) is 0 Å². The second-order valence-corrected chi connectivity index (χ2v) is 3.94. The van der Waals surface area contributed by atoms with Gasteiger partial charge < -0.3 is 0 Å². The first-order chi connectivity index (χ1) is 4.63. The Morgan fingerprint density at radius 3 is 2.00 bits per heavy atom. The smallest absolute Gasteiger partial charge is 0.115 e. The molecule has 3 atom stereocenters. The van der Waals surface area contributed by atoms with Crippen LogP contribution in [0.1, 0.15) is 6.92 Å². The normalized spacial score (nSPS) is 18.1. The highest BCUT2D eigenvalue weighted by atomic mass is 79.9. The van der Waals surface area contributed by atoms with Gasteiger partial charge in [-0.3, -0.25) is 0 Å². The molecule has 0 saturated carbocycles. The maximum absolute atomic E-state index is 8.44. The standard InChI is InChI=1S/C6H6Br2N2/c1-4(2-9)6(8)5(7)3-10/h4-6H,1H3. The van der Waals surface area contributed by atoms with Crippen molar-refractivity contribution in [3.63, 3.8) is 0 Å². The fraction of sp³-hybridized carbons (Fsp3) is 0.667. The molecule has 0 amide bonds. The number of hydrogen-bond donors (Lipinski definition) is 0. The van der Waals surface area contributed by atoms with E-state index in [1.165, 1.54) is 0 Å². The second kappa shape index (κ2) is 4.71. The molecule has 0 aromatic carbocycles. The van der Waals surface area contributed by atoms with Gasteiger partial charge in [-0.2, -0.15) is 10.5 Å². The molecule has 0 N–H and O–H groups in total. The number of rotatable bonds is 2. The summed E-state index contributed by atoms with van der Waals surface area (Å²) in [6.07, 6.45) is 0. The molecule has 0 aliphatic rings. The summed E-state index contributed by atoms with van der Waals surface area (Å²) in [6.45, 7) is 1.77. The average molecular weight is 266 g/mol. The summed E-state index contributed by atoms with van der Waals surface area (Å²) >= 11 is 6.36. The third kappa shape index (κ3) is 2.68. The van der Waals surface area contributed by atoms with E-state index in [0.717, 1.165) is 0 Å². The van der Waals surface area contributed by atoms with E-state index >= 15 is 0 Å². The van der Waals surface area contributed by atoms with E-state index in [-0.39, 0.29) is 15.6 Å². The first-order valence-corrected chi connectivity index (χ1v) is 4.54. The Kier molecular flexibility index (Phi) is 4.68. The first kappa shape index (κ1) is 9.94. The lowest BCUT2D eigenvalue weighted by Crippen LogP contribution is -2.19. The lowest BCUT2D eigenvalue weighted by Gasteiger charge is -2.10. The molecule has 0 heterocycles. The van der Waals surface area contributed by atoms with Crippen LogP contribution >= 0.6 is 31.9 Å². The number of nitrogens with zero attached hydrogens (tertiary/aromatic N) is 2. The third-order valence-electron chi connectivity index (χ3n) is 1.08. The van der Waals surface area contributed by atoms with Gasteiger partial charge in [0.05, 0.1) is 22.9 Å². The van der Waals surface area contributed by atoms with Gasteiger partial charge in [-0.1, -0.05) is 31.9 Å². The summed E-state index contributed by atoms with van der Waals surface area (Å²) < 4.78 is 0. The summed E-state index contributed by atoms with van der Waals surface area (Å²) in [6, 6.07) is 4.05. The topological polar surface area (TPSA) is 47.6 Å². The Balaban J connectivity index is 4.00. The van der Waals surface area contributed by atoms with Crippen LogP contribution in [0.4, 0.5) is 0 Å². The van der Waals surface area contributed by atoms with Crippen molar-refractivity contribution in [2.45, 2.75) is 16.6 Å². The number of alkyl halides is 2. The van der Waals surface area contributed by atoms with Crippen LogP contribution in [0.25, 0.3) is 0 Å². The number of halogens is 2. The molecule has 2 nitrogen and oxygen atoms in total. The molecular formula is C6H6Br2N2. The Labute approximate surface area is 77.1 Å². The van der Waals surface area contributed by atoms with E-state index < -0.39 is 0 Å². The fourth-order valence-electron chi connectivity index (χ4n) is 0.396. The molecule has 0 aromatic heterocycles. The van der Waals surface area contributed by atoms with Crippen LogP contribution in [-0.4, -0.2) is 9.65 Å². The molecule has 0 aromatic rings. The Hall–Kier alpha value is -0.0600. The van der Waals surface area contributed by atoms with Gasteiger partial charge in [-0.05, 0) is 6.92 Å². The van der Waals surface area contributed by atoms with Crippen LogP contribution < -0.4 is 0 Å². The Bertz CT molecular complexity index is 159. The molecule has 0 bridgehead atoms. The third-order valence-corrected chi connectivity index (χ3v) is 3.89. The van der Waals surface area contributed by atoms with E-state index in [4.69, 9.17) is 10.5 Å². The maximum atomic E-state index is 8.44. The van der Waals surface area contributed by atoms with Gasteiger partial charge in [-0.25, -0.2) is 0 Å². The highest BCUT2D eigenvalue weighted by molar-refractivity contribution is 9.12. The summed E-state index contributed by atoms with van der Waals surface area (Å²) in [4.78, 5) is -0.385. The summed E-state index contributed by atoms with van der Waals surface area (Å²) in [5, 5.41) is 16.9. The molecular weight excluding hydrogens is 260 g/mol. The zero-order valence-electron chi connectivity index (χ0n) is 5.38. The summed E-state index contributed by atoms with van der Waals surface area (Å²) in [5.41, 5.74) is 0. The van der Waals surface area contributed by atoms with E-state index in [9.17, 15) is 0 Å². The van der Waals surface area contributed by atoms with Crippen molar-refractivity contribution in [2.24, 2.45) is 5.92 Å². The molecule has 0 fully saturated rings. The summed E-state index contributed by atoms with van der Waals surface area (Å²) in [5.74, 6) is -0.149. The highest BCUT2D eigenvalue weighted by Crippen LogP contribution is 2.20. The van der Waals surface area contributed by atoms with Gasteiger partial charge in [0.2, 0.25) is 0 Å². The average Bonchev–Trinajstić information content (AvgIpc) is 2.00. The maximum Gasteiger partial charge on any atom is 0.115 e. The van der Waals surface area contributed by atoms with Gasteiger partial charge in [-0.15, -0.1) is 0 Å². The van der Waals surface area contributed by atoms with Crippen LogP contribution in [0.3, 0.4) is 0 Å². The first-order valence-electron chi connectivity index (χ1n) is 2.71. The second-order valence-electron chi connectivity index (χ2n) is 1.89. The van der Waals surface area contributed by atoms with Crippen molar-refractivity contribution >= 4 is 31.9 Å². The van der Waals surface area contributed by atoms with Crippen molar-refractivity contribution in [3.05, 3.63) is 0 Å². The van der Waals surface area contributed by atoms with Crippen molar-refractivity contribution in [1.82, 2.24) is 0 Å². The van der Waals surface area contributed by atoms with Gasteiger partial charge in [0.25, 0.3) is 0 Å². The van der Waals surface area contributed by atoms with Gasteiger partial charge in [0.1, 0.15) is 4.83 Å². The molecule has 0 spiro atoms. The minimum absolute atomic E-state index is 0.0949. The van der Waals surface area contributed by atoms with Gasteiger partial charge in [0.15, 0.2) is 0 Å². The van der Waals surface area contributed by atoms with Gasteiger partial charge in [0, 0.05) is 0 Å². The molecule has 0 saturated heterocycles. The van der Waals surface area contributed by atoms with E-state index in [1.807, 2.05) is 6.07 Å². The van der Waals surface area contributed by atoms with E-state index in [0.29, 0.717) is 0 Å². The van der Waals surface area contributed by atoms with Crippen molar-refractivity contribution in [2.75, 3.05) is 0 Å². The van der Waals surface area contributed by atoms with Crippen molar-refractivity contribution in [1.29, 1.82) is 10.5 Å². The lowest BCUT2D eigenvalue weighted by molar-refractivity contribution is 0.718. The molecule has 10 heavy (non-hydrogen) atoms.